The molecule has 1 heterocycles. The van der Waals surface area contributed by atoms with Crippen LogP contribution in [0.25, 0.3) is 0 Å². The van der Waals surface area contributed by atoms with Gasteiger partial charge in [0.15, 0.2) is 23.1 Å². The molecule has 0 aliphatic carbocycles. The summed E-state index contributed by atoms with van der Waals surface area (Å²) in [4.78, 5) is 0. The molecule has 0 fully saturated rings. The minimum Gasteiger partial charge on any atom is -0.490 e. The number of halogens is 2. The lowest BCUT2D eigenvalue weighted by atomic mass is 9.89. The maximum absolute atomic E-state index is 13.6. The summed E-state index contributed by atoms with van der Waals surface area (Å²) in [5, 5.41) is 2.14. The van der Waals surface area contributed by atoms with Gasteiger partial charge in [-0.25, -0.2) is 8.78 Å². The minimum atomic E-state index is -0.823. The van der Waals surface area contributed by atoms with Crippen molar-refractivity contribution in [2.24, 2.45) is 0 Å². The first-order valence-corrected chi connectivity index (χ1v) is 8.34. The fourth-order valence-electron chi connectivity index (χ4n) is 3.21. The van der Waals surface area contributed by atoms with Gasteiger partial charge in [0.25, 0.3) is 0 Å². The zero-order valence-electron chi connectivity index (χ0n) is 13.9. The van der Waals surface area contributed by atoms with Gasteiger partial charge in [-0.05, 0) is 49.7 Å². The molecule has 128 valence electrons. The van der Waals surface area contributed by atoms with E-state index in [0.29, 0.717) is 19.0 Å². The number of rotatable bonds is 5. The highest BCUT2D eigenvalue weighted by Gasteiger charge is 2.28. The highest BCUT2D eigenvalue weighted by atomic mass is 19.2. The molecule has 3 nitrogen and oxygen atoms in total. The van der Waals surface area contributed by atoms with E-state index < -0.39 is 11.6 Å². The van der Waals surface area contributed by atoms with E-state index >= 15 is 0 Å². The van der Waals surface area contributed by atoms with Crippen LogP contribution in [-0.2, 0) is 6.42 Å². The lowest BCUT2D eigenvalue weighted by Gasteiger charge is -2.26. The number of nitrogens with two attached hydrogens (primary N) is 1. The van der Waals surface area contributed by atoms with Crippen molar-refractivity contribution in [3.05, 3.63) is 58.7 Å². The van der Waals surface area contributed by atoms with E-state index in [1.54, 1.807) is 6.07 Å². The second-order valence-electron chi connectivity index (χ2n) is 5.79. The van der Waals surface area contributed by atoms with Crippen LogP contribution in [0, 0.1) is 11.6 Å². The maximum Gasteiger partial charge on any atom is 0.161 e. The number of fused-ring (bicyclic) bond motifs is 1. The highest BCUT2D eigenvalue weighted by molar-refractivity contribution is 5.50. The topological polar surface area (TPSA) is 35.1 Å². The van der Waals surface area contributed by atoms with Gasteiger partial charge in [-0.2, -0.15) is 0 Å². The summed E-state index contributed by atoms with van der Waals surface area (Å²) in [6, 6.07) is 8.03. The molecule has 2 aromatic carbocycles. The third kappa shape index (κ3) is 3.22. The number of ether oxygens (including phenoxy) is 2. The first-order valence-electron chi connectivity index (χ1n) is 8.34. The van der Waals surface area contributed by atoms with Crippen molar-refractivity contribution in [1.82, 2.24) is 0 Å². The van der Waals surface area contributed by atoms with Crippen LogP contribution in [-0.4, -0.2) is 19.8 Å². The molecule has 0 bridgehead atoms. The summed E-state index contributed by atoms with van der Waals surface area (Å²) in [6.07, 6.45) is 0.905. The molecule has 3 rings (SSSR count). The summed E-state index contributed by atoms with van der Waals surface area (Å²) < 4.78 is 38.3. The first kappa shape index (κ1) is 16.7. The lowest BCUT2D eigenvalue weighted by molar-refractivity contribution is -0.690. The summed E-state index contributed by atoms with van der Waals surface area (Å²) in [6.45, 7) is 5.85. The largest absolute Gasteiger partial charge is 0.490 e. The summed E-state index contributed by atoms with van der Waals surface area (Å²) in [5.74, 6) is -0.203. The molecule has 0 radical (unpaired) electrons. The fraction of sp³-hybridized carbons (Fsp3) is 0.368. The van der Waals surface area contributed by atoms with Crippen molar-refractivity contribution in [3.63, 3.8) is 0 Å². The predicted molar refractivity (Wildman–Crippen MR) is 87.5 cm³/mol. The maximum atomic E-state index is 13.6. The Bertz CT molecular complexity index is 734. The van der Waals surface area contributed by atoms with E-state index in [0.717, 1.165) is 29.8 Å². The monoisotopic (exact) mass is 334 g/mol. The fourth-order valence-corrected chi connectivity index (χ4v) is 3.21. The number of benzene rings is 2. The van der Waals surface area contributed by atoms with E-state index in [-0.39, 0.29) is 6.04 Å². The molecule has 1 atom stereocenters. The zero-order valence-corrected chi connectivity index (χ0v) is 13.9. The average molecular weight is 334 g/mol. The molecule has 24 heavy (non-hydrogen) atoms. The summed E-state index contributed by atoms with van der Waals surface area (Å²) in [5.41, 5.74) is 2.99. The van der Waals surface area contributed by atoms with Gasteiger partial charge in [-0.1, -0.05) is 0 Å². The average Bonchev–Trinajstić information content (AvgIpc) is 2.58. The molecule has 0 amide bonds. The quantitative estimate of drug-likeness (QED) is 0.912. The second kappa shape index (κ2) is 7.18. The van der Waals surface area contributed by atoms with E-state index in [1.807, 2.05) is 26.0 Å². The Morgan fingerprint density at radius 1 is 1.00 bits per heavy atom. The van der Waals surface area contributed by atoms with Gasteiger partial charge in [0, 0.05) is 17.5 Å². The molecule has 2 aromatic rings. The van der Waals surface area contributed by atoms with Crippen molar-refractivity contribution < 1.29 is 23.6 Å². The Labute approximate surface area is 140 Å². The molecule has 0 unspecified atom stereocenters. The lowest BCUT2D eigenvalue weighted by Crippen LogP contribution is -2.87. The van der Waals surface area contributed by atoms with Crippen LogP contribution < -0.4 is 14.8 Å². The normalized spacial score (nSPS) is 16.6. The van der Waals surface area contributed by atoms with Crippen LogP contribution in [0.15, 0.2) is 30.3 Å². The van der Waals surface area contributed by atoms with Crippen LogP contribution in [0.2, 0.25) is 0 Å². The third-order valence-electron chi connectivity index (χ3n) is 4.26. The van der Waals surface area contributed by atoms with Gasteiger partial charge in [-0.15, -0.1) is 0 Å². The van der Waals surface area contributed by atoms with Crippen LogP contribution in [0.5, 0.6) is 11.5 Å². The number of hydrogen-bond donors (Lipinski definition) is 1. The Morgan fingerprint density at radius 2 is 1.71 bits per heavy atom. The molecule has 5 heteroatoms. The Morgan fingerprint density at radius 3 is 2.38 bits per heavy atom. The van der Waals surface area contributed by atoms with E-state index in [4.69, 9.17) is 9.47 Å². The van der Waals surface area contributed by atoms with Gasteiger partial charge in [0.2, 0.25) is 0 Å². The zero-order chi connectivity index (χ0) is 17.1. The number of quaternary nitrogens is 1. The van der Waals surface area contributed by atoms with Crippen molar-refractivity contribution in [2.45, 2.75) is 26.3 Å². The minimum absolute atomic E-state index is 0.0706. The van der Waals surface area contributed by atoms with E-state index in [9.17, 15) is 8.78 Å². The third-order valence-corrected chi connectivity index (χ3v) is 4.26. The predicted octanol–water partition coefficient (Wildman–Crippen LogP) is 2.97. The Hall–Kier alpha value is -2.14. The standard InChI is InChI=1S/C19H21F2NO2/c1-3-23-17-10-12-7-8-22-19(14(12)11-18(17)24-4-2)13-5-6-15(20)16(21)9-13/h5-6,9-11,19,22H,3-4,7-8H2,1-2H3/p+1/t19-/m1/s1. The Kier molecular flexibility index (Phi) is 5.00. The Balaban J connectivity index is 2.05. The SMILES string of the molecule is CCOc1cc2c(cc1OCC)[C@@H](c1ccc(F)c(F)c1)[NH2+]CC2. The first-order chi connectivity index (χ1) is 11.6. The van der Waals surface area contributed by atoms with Gasteiger partial charge in [0.1, 0.15) is 6.04 Å². The molecule has 0 spiro atoms. The van der Waals surface area contributed by atoms with Gasteiger partial charge in [-0.3, -0.25) is 0 Å². The van der Waals surface area contributed by atoms with Crippen molar-refractivity contribution in [2.75, 3.05) is 19.8 Å². The number of hydrogen-bond acceptors (Lipinski definition) is 2. The molecule has 0 aromatic heterocycles. The molecule has 0 saturated heterocycles. The van der Waals surface area contributed by atoms with Crippen molar-refractivity contribution in [3.8, 4) is 11.5 Å². The van der Waals surface area contributed by atoms with Crippen molar-refractivity contribution in [1.29, 1.82) is 0 Å². The van der Waals surface area contributed by atoms with Gasteiger partial charge in [0.05, 0.1) is 19.8 Å². The van der Waals surface area contributed by atoms with Crippen LogP contribution >= 0.6 is 0 Å². The molecular weight excluding hydrogens is 312 g/mol. The van der Waals surface area contributed by atoms with Gasteiger partial charge < -0.3 is 14.8 Å². The molecular formula is C19H22F2NO2+. The smallest absolute Gasteiger partial charge is 0.161 e. The molecule has 0 saturated carbocycles. The second-order valence-corrected chi connectivity index (χ2v) is 5.79. The van der Waals surface area contributed by atoms with E-state index in [2.05, 4.69) is 5.32 Å². The van der Waals surface area contributed by atoms with E-state index in [1.165, 1.54) is 17.7 Å². The summed E-state index contributed by atoms with van der Waals surface area (Å²) >= 11 is 0. The molecule has 1 aliphatic heterocycles. The van der Waals surface area contributed by atoms with Crippen molar-refractivity contribution >= 4 is 0 Å². The van der Waals surface area contributed by atoms with Gasteiger partial charge >= 0.3 is 0 Å². The highest BCUT2D eigenvalue weighted by Crippen LogP contribution is 2.36. The van der Waals surface area contributed by atoms with Crippen LogP contribution in [0.1, 0.15) is 36.6 Å². The molecule has 1 aliphatic rings. The van der Waals surface area contributed by atoms with Crippen LogP contribution in [0.4, 0.5) is 8.78 Å². The van der Waals surface area contributed by atoms with Crippen LogP contribution in [0.3, 0.4) is 0 Å². The molecule has 2 N–H and O–H groups in total. The summed E-state index contributed by atoms with van der Waals surface area (Å²) in [7, 11) is 0.